The monoisotopic (exact) mass is 551 g/mol. The number of carbonyl (C=O) groups is 2. The smallest absolute Gasteiger partial charge is 0.255 e. The summed E-state index contributed by atoms with van der Waals surface area (Å²) in [4.78, 5) is 36.7. The number of hydrogen-bond donors (Lipinski definition) is 3. The number of ether oxygens (including phenoxy) is 2. The maximum atomic E-state index is 13.4. The molecule has 2 aliphatic heterocycles. The van der Waals surface area contributed by atoms with Crippen molar-refractivity contribution in [3.05, 3.63) is 70.4 Å². The lowest BCUT2D eigenvalue weighted by Crippen LogP contribution is -2.49. The number of aromatic nitrogens is 2. The number of fused-ring (bicyclic) bond motifs is 1. The van der Waals surface area contributed by atoms with Crippen molar-refractivity contribution in [2.75, 3.05) is 32.2 Å². The van der Waals surface area contributed by atoms with E-state index in [1.54, 1.807) is 19.4 Å². The molecule has 3 aromatic rings. The number of hydrogen-bond acceptors (Lipinski definition) is 8. The molecule has 3 heterocycles. The Morgan fingerprint density at radius 3 is 2.85 bits per heavy atom. The molecular formula is C28H30ClN5O5. The van der Waals surface area contributed by atoms with Gasteiger partial charge in [0.25, 0.3) is 5.91 Å². The first-order valence-corrected chi connectivity index (χ1v) is 13.2. The summed E-state index contributed by atoms with van der Waals surface area (Å²) in [6, 6.07) is 11.9. The molecule has 1 saturated heterocycles. The number of carbonyl (C=O) groups excluding carboxylic acids is 2. The second-order valence-corrected chi connectivity index (χ2v) is 9.90. The molecule has 2 amide bonds. The second kappa shape index (κ2) is 12.0. The van der Waals surface area contributed by atoms with Gasteiger partial charge in [0.2, 0.25) is 11.9 Å². The lowest BCUT2D eigenvalue weighted by molar-refractivity contribution is -0.127. The fraction of sp³-hybridized carbons (Fsp3) is 0.357. The van der Waals surface area contributed by atoms with Gasteiger partial charge in [0.15, 0.2) is 0 Å². The molecule has 2 aliphatic rings. The first-order valence-electron chi connectivity index (χ1n) is 12.8. The van der Waals surface area contributed by atoms with Crippen LogP contribution >= 0.6 is 11.6 Å². The van der Waals surface area contributed by atoms with Crippen molar-refractivity contribution in [3.63, 3.8) is 0 Å². The Morgan fingerprint density at radius 1 is 1.26 bits per heavy atom. The third-order valence-electron chi connectivity index (χ3n) is 6.97. The van der Waals surface area contributed by atoms with Crippen LogP contribution in [0.1, 0.15) is 34.3 Å². The normalized spacial score (nSPS) is 16.1. The highest BCUT2D eigenvalue weighted by Gasteiger charge is 2.36. The Bertz CT molecular complexity index is 1360. The lowest BCUT2D eigenvalue weighted by atomic mass is 10.0. The lowest BCUT2D eigenvalue weighted by Gasteiger charge is -2.25. The summed E-state index contributed by atoms with van der Waals surface area (Å²) < 4.78 is 10.6. The van der Waals surface area contributed by atoms with Crippen molar-refractivity contribution < 1.29 is 24.2 Å². The van der Waals surface area contributed by atoms with Gasteiger partial charge in [-0.2, -0.15) is 0 Å². The summed E-state index contributed by atoms with van der Waals surface area (Å²) in [5, 5.41) is 16.6. The van der Waals surface area contributed by atoms with Crippen LogP contribution in [0.3, 0.4) is 0 Å². The van der Waals surface area contributed by atoms with E-state index in [0.717, 1.165) is 24.0 Å². The van der Waals surface area contributed by atoms with Crippen molar-refractivity contribution >= 4 is 29.4 Å². The van der Waals surface area contributed by atoms with Crippen LogP contribution in [-0.2, 0) is 22.6 Å². The SMILES string of the molecule is COc1cccc(CNC(=O)[C@@H](CO)N2Cc3ccc(-c4nc(NC5CCOCC5)ncc4Cl)cc3C2=O)c1. The highest BCUT2D eigenvalue weighted by atomic mass is 35.5. The number of aliphatic hydroxyl groups is 1. The molecule has 3 N–H and O–H groups in total. The minimum Gasteiger partial charge on any atom is -0.497 e. The van der Waals surface area contributed by atoms with Crippen LogP contribution in [0.4, 0.5) is 5.95 Å². The largest absolute Gasteiger partial charge is 0.497 e. The second-order valence-electron chi connectivity index (χ2n) is 9.49. The molecule has 39 heavy (non-hydrogen) atoms. The van der Waals surface area contributed by atoms with Crippen molar-refractivity contribution in [3.8, 4) is 17.0 Å². The molecule has 11 heteroatoms. The van der Waals surface area contributed by atoms with E-state index in [2.05, 4.69) is 20.6 Å². The molecule has 5 rings (SSSR count). The van der Waals surface area contributed by atoms with Crippen molar-refractivity contribution in [1.82, 2.24) is 20.2 Å². The topological polar surface area (TPSA) is 126 Å². The third-order valence-corrected chi connectivity index (χ3v) is 7.24. The van der Waals surface area contributed by atoms with Crippen LogP contribution in [0.2, 0.25) is 5.02 Å². The molecule has 0 aliphatic carbocycles. The van der Waals surface area contributed by atoms with Crippen LogP contribution in [0.15, 0.2) is 48.7 Å². The Kier molecular flexibility index (Phi) is 8.25. The average Bonchev–Trinajstić information content (AvgIpc) is 3.29. The summed E-state index contributed by atoms with van der Waals surface area (Å²) in [5.41, 5.74) is 3.21. The third kappa shape index (κ3) is 5.98. The van der Waals surface area contributed by atoms with E-state index in [1.165, 1.54) is 4.90 Å². The van der Waals surface area contributed by atoms with Crippen LogP contribution < -0.4 is 15.4 Å². The fourth-order valence-corrected chi connectivity index (χ4v) is 5.00. The van der Waals surface area contributed by atoms with Gasteiger partial charge in [-0.05, 0) is 42.2 Å². The minimum atomic E-state index is -1.03. The summed E-state index contributed by atoms with van der Waals surface area (Å²) in [6.07, 6.45) is 3.27. The predicted octanol–water partition coefficient (Wildman–Crippen LogP) is 3.03. The molecule has 1 fully saturated rings. The van der Waals surface area contributed by atoms with Crippen molar-refractivity contribution in [1.29, 1.82) is 0 Å². The number of benzene rings is 2. The molecule has 2 aromatic carbocycles. The van der Waals surface area contributed by atoms with Crippen molar-refractivity contribution in [2.45, 2.75) is 38.0 Å². The Hall–Kier alpha value is -3.73. The Morgan fingerprint density at radius 2 is 2.08 bits per heavy atom. The van der Waals surface area contributed by atoms with Crippen LogP contribution in [0.5, 0.6) is 5.75 Å². The summed E-state index contributed by atoms with van der Waals surface area (Å²) in [7, 11) is 1.57. The summed E-state index contributed by atoms with van der Waals surface area (Å²) >= 11 is 6.45. The number of nitrogens with zero attached hydrogens (tertiary/aromatic N) is 3. The van der Waals surface area contributed by atoms with Gasteiger partial charge >= 0.3 is 0 Å². The van der Waals surface area contributed by atoms with E-state index in [0.29, 0.717) is 46.8 Å². The molecule has 10 nitrogen and oxygen atoms in total. The number of halogens is 1. The highest BCUT2D eigenvalue weighted by Crippen LogP contribution is 2.32. The minimum absolute atomic E-state index is 0.209. The zero-order valence-electron chi connectivity index (χ0n) is 21.5. The molecule has 1 aromatic heterocycles. The van der Waals surface area contributed by atoms with Gasteiger partial charge in [-0.3, -0.25) is 9.59 Å². The number of aliphatic hydroxyl groups excluding tert-OH is 1. The number of methoxy groups -OCH3 is 1. The zero-order chi connectivity index (χ0) is 27.4. The van der Waals surface area contributed by atoms with Gasteiger partial charge in [0.05, 0.1) is 30.6 Å². The van der Waals surface area contributed by atoms with Gasteiger partial charge in [-0.1, -0.05) is 35.9 Å². The molecule has 0 unspecified atom stereocenters. The average molecular weight is 552 g/mol. The molecular weight excluding hydrogens is 522 g/mol. The summed E-state index contributed by atoms with van der Waals surface area (Å²) in [5.74, 6) is 0.358. The van der Waals surface area contributed by atoms with Gasteiger partial charge in [-0.25, -0.2) is 9.97 Å². The van der Waals surface area contributed by atoms with E-state index < -0.39 is 18.6 Å². The van der Waals surface area contributed by atoms with E-state index >= 15 is 0 Å². The molecule has 0 spiro atoms. The number of anilines is 1. The predicted molar refractivity (Wildman–Crippen MR) is 146 cm³/mol. The highest BCUT2D eigenvalue weighted by molar-refractivity contribution is 6.33. The maximum absolute atomic E-state index is 13.4. The van der Waals surface area contributed by atoms with E-state index in [9.17, 15) is 14.7 Å². The van der Waals surface area contributed by atoms with E-state index in [4.69, 9.17) is 21.1 Å². The van der Waals surface area contributed by atoms with E-state index in [-0.39, 0.29) is 25.0 Å². The Labute approximate surface area is 231 Å². The van der Waals surface area contributed by atoms with Crippen molar-refractivity contribution in [2.24, 2.45) is 0 Å². The standard InChI is InChI=1S/C28H30ClN5O5/c1-38-21-4-2-3-17(11-21)13-30-26(36)24(16-35)34-15-19-6-5-18(12-22(19)27(34)37)25-23(29)14-31-28(33-25)32-20-7-9-39-10-8-20/h2-6,11-12,14,20,24,35H,7-10,13,15-16H2,1H3,(H,30,36)(H,31,32,33)/t24-/m1/s1. The molecule has 204 valence electrons. The first kappa shape index (κ1) is 26.9. The molecule has 1 atom stereocenters. The maximum Gasteiger partial charge on any atom is 0.255 e. The summed E-state index contributed by atoms with van der Waals surface area (Å²) in [6.45, 7) is 1.32. The van der Waals surface area contributed by atoms with E-state index in [1.807, 2.05) is 36.4 Å². The van der Waals surface area contributed by atoms with Crippen LogP contribution in [-0.4, -0.2) is 70.8 Å². The Balaban J connectivity index is 1.30. The van der Waals surface area contributed by atoms with Crippen LogP contribution in [0.25, 0.3) is 11.3 Å². The number of amides is 2. The van der Waals surface area contributed by atoms with Gasteiger partial charge in [-0.15, -0.1) is 0 Å². The molecule has 0 radical (unpaired) electrons. The quantitative estimate of drug-likeness (QED) is 0.370. The van der Waals surface area contributed by atoms with Crippen LogP contribution in [0, 0.1) is 0 Å². The van der Waals surface area contributed by atoms with Gasteiger partial charge < -0.3 is 30.1 Å². The molecule has 0 bridgehead atoms. The molecule has 0 saturated carbocycles. The number of rotatable bonds is 9. The van der Waals surface area contributed by atoms with Gasteiger partial charge in [0, 0.05) is 43.5 Å². The first-order chi connectivity index (χ1) is 19.0. The number of nitrogens with one attached hydrogen (secondary N) is 2. The fourth-order valence-electron chi connectivity index (χ4n) is 4.80. The van der Waals surface area contributed by atoms with Gasteiger partial charge in [0.1, 0.15) is 11.8 Å². The zero-order valence-corrected chi connectivity index (χ0v) is 22.3.